The quantitative estimate of drug-likeness (QED) is 0.725. The zero-order chi connectivity index (χ0) is 10.5. The van der Waals surface area contributed by atoms with Gasteiger partial charge in [-0.3, -0.25) is 0 Å². The minimum Gasteiger partial charge on any atom is -0.383 e. The van der Waals surface area contributed by atoms with Crippen molar-refractivity contribution in [3.05, 3.63) is 18.7 Å². The molecular formula is C10H22N2O. The highest BCUT2D eigenvalue weighted by atomic mass is 16.5. The Bertz CT molecular complexity index is 150. The van der Waals surface area contributed by atoms with Gasteiger partial charge in [0, 0.05) is 26.0 Å². The molecule has 78 valence electrons. The zero-order valence-corrected chi connectivity index (χ0v) is 9.45. The van der Waals surface area contributed by atoms with Crippen LogP contribution in [0.4, 0.5) is 0 Å². The van der Waals surface area contributed by atoms with Crippen LogP contribution in [-0.4, -0.2) is 23.3 Å². The smallest absolute Gasteiger partial charge is 0.0946 e. The van der Waals surface area contributed by atoms with Gasteiger partial charge >= 0.3 is 0 Å². The van der Waals surface area contributed by atoms with Gasteiger partial charge in [0.15, 0.2) is 0 Å². The monoisotopic (exact) mass is 186 g/mol. The molecule has 0 aliphatic rings. The average Bonchev–Trinajstić information content (AvgIpc) is 2.73. The molecule has 0 amide bonds. The predicted octanol–water partition coefficient (Wildman–Crippen LogP) is 2.58. The van der Waals surface area contributed by atoms with Crippen LogP contribution in [0.1, 0.15) is 27.7 Å². The van der Waals surface area contributed by atoms with Crippen LogP contribution < -0.4 is 0 Å². The largest absolute Gasteiger partial charge is 0.383 e. The standard InChI is InChI=1S/C6H10N2O.2C2H6/c1-9-5-4-8-3-2-7-6-8;2*1-2/h2-3,6H,4-5H2,1H3;2*1-2H3. The number of ether oxygens (including phenoxy) is 1. The van der Waals surface area contributed by atoms with E-state index in [1.807, 2.05) is 38.5 Å². The van der Waals surface area contributed by atoms with Gasteiger partial charge in [0.2, 0.25) is 0 Å². The molecule has 0 saturated carbocycles. The fourth-order valence-corrected chi connectivity index (χ4v) is 0.616. The van der Waals surface area contributed by atoms with Gasteiger partial charge in [0.1, 0.15) is 0 Å². The van der Waals surface area contributed by atoms with E-state index in [-0.39, 0.29) is 0 Å². The molecule has 0 aliphatic heterocycles. The molecular weight excluding hydrogens is 164 g/mol. The van der Waals surface area contributed by atoms with Gasteiger partial charge in [0.25, 0.3) is 0 Å². The molecule has 0 radical (unpaired) electrons. The molecule has 0 fully saturated rings. The van der Waals surface area contributed by atoms with Crippen LogP contribution in [0.2, 0.25) is 0 Å². The minimum atomic E-state index is 0.746. The fourth-order valence-electron chi connectivity index (χ4n) is 0.616. The van der Waals surface area contributed by atoms with Crippen LogP contribution in [0, 0.1) is 0 Å². The van der Waals surface area contributed by atoms with E-state index in [9.17, 15) is 0 Å². The molecule has 0 spiro atoms. The third kappa shape index (κ3) is 9.08. The highest BCUT2D eigenvalue weighted by Gasteiger charge is 1.85. The second-order valence-electron chi connectivity index (χ2n) is 1.79. The van der Waals surface area contributed by atoms with E-state index in [1.54, 1.807) is 19.6 Å². The van der Waals surface area contributed by atoms with Crippen molar-refractivity contribution in [2.45, 2.75) is 34.2 Å². The molecule has 3 heteroatoms. The number of aromatic nitrogens is 2. The fraction of sp³-hybridized carbons (Fsp3) is 0.700. The first-order chi connectivity index (χ1) is 6.43. The topological polar surface area (TPSA) is 27.1 Å². The van der Waals surface area contributed by atoms with Crippen LogP contribution in [0.3, 0.4) is 0 Å². The van der Waals surface area contributed by atoms with Crippen molar-refractivity contribution < 1.29 is 4.74 Å². The number of rotatable bonds is 3. The summed E-state index contributed by atoms with van der Waals surface area (Å²) in [5.74, 6) is 0. The van der Waals surface area contributed by atoms with E-state index in [2.05, 4.69) is 4.98 Å². The molecule has 1 aromatic rings. The summed E-state index contributed by atoms with van der Waals surface area (Å²) in [5.41, 5.74) is 0. The molecule has 1 heterocycles. The summed E-state index contributed by atoms with van der Waals surface area (Å²) in [6.45, 7) is 9.63. The lowest BCUT2D eigenvalue weighted by Crippen LogP contribution is -2.00. The summed E-state index contributed by atoms with van der Waals surface area (Å²) < 4.78 is 6.84. The molecule has 1 aromatic heterocycles. The highest BCUT2D eigenvalue weighted by molar-refractivity contribution is 4.73. The summed E-state index contributed by atoms with van der Waals surface area (Å²) in [7, 11) is 1.69. The first kappa shape index (κ1) is 14.7. The van der Waals surface area contributed by atoms with E-state index in [4.69, 9.17) is 4.74 Å². The van der Waals surface area contributed by atoms with Crippen molar-refractivity contribution >= 4 is 0 Å². The maximum atomic E-state index is 4.87. The summed E-state index contributed by atoms with van der Waals surface area (Å²) in [5, 5.41) is 0. The van der Waals surface area contributed by atoms with Crippen molar-refractivity contribution in [1.82, 2.24) is 9.55 Å². The number of hydrogen-bond acceptors (Lipinski definition) is 2. The van der Waals surface area contributed by atoms with Crippen LogP contribution in [0.15, 0.2) is 18.7 Å². The summed E-state index contributed by atoms with van der Waals surface area (Å²) in [6, 6.07) is 0. The van der Waals surface area contributed by atoms with Crippen LogP contribution in [0.5, 0.6) is 0 Å². The van der Waals surface area contributed by atoms with Gasteiger partial charge in [-0.1, -0.05) is 27.7 Å². The summed E-state index contributed by atoms with van der Waals surface area (Å²) >= 11 is 0. The van der Waals surface area contributed by atoms with Crippen LogP contribution in [0.25, 0.3) is 0 Å². The Morgan fingerprint density at radius 2 is 1.85 bits per heavy atom. The number of hydrogen-bond donors (Lipinski definition) is 0. The second-order valence-corrected chi connectivity index (χ2v) is 1.79. The third-order valence-corrected chi connectivity index (χ3v) is 1.11. The van der Waals surface area contributed by atoms with Crippen molar-refractivity contribution in [1.29, 1.82) is 0 Å². The molecule has 1 rings (SSSR count). The van der Waals surface area contributed by atoms with Crippen molar-refractivity contribution in [3.63, 3.8) is 0 Å². The number of imidazole rings is 1. The SMILES string of the molecule is CC.CC.COCCn1ccnc1. The molecule has 3 nitrogen and oxygen atoms in total. The van der Waals surface area contributed by atoms with E-state index >= 15 is 0 Å². The lowest BCUT2D eigenvalue weighted by Gasteiger charge is -1.97. The Labute approximate surface area is 81.7 Å². The minimum absolute atomic E-state index is 0.746. The van der Waals surface area contributed by atoms with E-state index in [0.29, 0.717) is 0 Å². The van der Waals surface area contributed by atoms with Crippen molar-refractivity contribution in [2.75, 3.05) is 13.7 Å². The third-order valence-electron chi connectivity index (χ3n) is 1.11. The lowest BCUT2D eigenvalue weighted by molar-refractivity contribution is 0.187. The molecule has 0 saturated heterocycles. The van der Waals surface area contributed by atoms with Gasteiger partial charge in [-0.25, -0.2) is 4.98 Å². The van der Waals surface area contributed by atoms with Crippen LogP contribution >= 0.6 is 0 Å². The first-order valence-corrected chi connectivity index (χ1v) is 4.88. The maximum Gasteiger partial charge on any atom is 0.0946 e. The maximum absolute atomic E-state index is 4.87. The molecule has 0 N–H and O–H groups in total. The summed E-state index contributed by atoms with van der Waals surface area (Å²) in [6.07, 6.45) is 5.45. The lowest BCUT2D eigenvalue weighted by atomic mass is 10.7. The van der Waals surface area contributed by atoms with Crippen LogP contribution in [-0.2, 0) is 11.3 Å². The Balaban J connectivity index is 0. The molecule has 0 aromatic carbocycles. The van der Waals surface area contributed by atoms with Gasteiger partial charge in [-0.15, -0.1) is 0 Å². The molecule has 13 heavy (non-hydrogen) atoms. The van der Waals surface area contributed by atoms with Gasteiger partial charge in [-0.2, -0.15) is 0 Å². The van der Waals surface area contributed by atoms with E-state index in [1.165, 1.54) is 0 Å². The first-order valence-electron chi connectivity index (χ1n) is 4.88. The predicted molar refractivity (Wildman–Crippen MR) is 56.8 cm³/mol. The zero-order valence-electron chi connectivity index (χ0n) is 9.45. The molecule has 0 aliphatic carbocycles. The Morgan fingerprint density at radius 3 is 2.23 bits per heavy atom. The Kier molecular flexibility index (Phi) is 15.5. The second kappa shape index (κ2) is 13.7. The van der Waals surface area contributed by atoms with Gasteiger partial charge in [0.05, 0.1) is 12.9 Å². The molecule has 0 bridgehead atoms. The normalized spacial score (nSPS) is 7.77. The Hall–Kier alpha value is -0.830. The Morgan fingerprint density at radius 1 is 1.23 bits per heavy atom. The van der Waals surface area contributed by atoms with Gasteiger partial charge < -0.3 is 9.30 Å². The molecule has 0 atom stereocenters. The number of nitrogens with zero attached hydrogens (tertiary/aromatic N) is 2. The molecule has 0 unspecified atom stereocenters. The van der Waals surface area contributed by atoms with Gasteiger partial charge in [-0.05, 0) is 0 Å². The summed E-state index contributed by atoms with van der Waals surface area (Å²) in [4.78, 5) is 3.88. The number of methoxy groups -OCH3 is 1. The van der Waals surface area contributed by atoms with E-state index < -0.39 is 0 Å². The highest BCUT2D eigenvalue weighted by Crippen LogP contribution is 1.84. The van der Waals surface area contributed by atoms with Crippen molar-refractivity contribution in [2.24, 2.45) is 0 Å². The van der Waals surface area contributed by atoms with E-state index in [0.717, 1.165) is 13.2 Å². The van der Waals surface area contributed by atoms with Crippen molar-refractivity contribution in [3.8, 4) is 0 Å². The average molecular weight is 186 g/mol.